The van der Waals surface area contributed by atoms with Crippen LogP contribution in [-0.2, 0) is 13.0 Å². The summed E-state index contributed by atoms with van der Waals surface area (Å²) in [5.41, 5.74) is 7.78. The maximum Gasteiger partial charge on any atom is 0.144 e. The molecule has 2 heterocycles. The number of hydrogen-bond acceptors (Lipinski definition) is 5. The molecule has 0 radical (unpaired) electrons. The van der Waals surface area contributed by atoms with Gasteiger partial charge in [-0.25, -0.2) is 9.97 Å². The van der Waals surface area contributed by atoms with Crippen LogP contribution in [0, 0.1) is 0 Å². The molecule has 5 heteroatoms. The molecule has 3 rings (SSSR count). The van der Waals surface area contributed by atoms with Crippen LogP contribution in [0.4, 0.5) is 11.5 Å². The number of nitrogens with zero attached hydrogens (tertiary/aromatic N) is 2. The number of nitrogens with two attached hydrogens (primary N) is 1. The fourth-order valence-electron chi connectivity index (χ4n) is 2.15. The maximum absolute atomic E-state index is 5.60. The van der Waals surface area contributed by atoms with E-state index in [-0.39, 0.29) is 0 Å². The largest absolute Gasteiger partial charge is 0.493 e. The normalized spacial score (nSPS) is 13.5. The molecule has 0 saturated carbocycles. The summed E-state index contributed by atoms with van der Waals surface area (Å²) in [6.45, 7) is 1.15. The molecule has 0 unspecified atom stereocenters. The highest BCUT2D eigenvalue weighted by atomic mass is 16.5. The molecule has 0 amide bonds. The minimum absolute atomic E-state index is 0.341. The van der Waals surface area contributed by atoms with Crippen molar-refractivity contribution >= 4 is 11.5 Å². The highest BCUT2D eigenvalue weighted by Gasteiger charge is 2.10. The molecule has 0 aliphatic carbocycles. The lowest BCUT2D eigenvalue weighted by Gasteiger charge is -2.18. The summed E-state index contributed by atoms with van der Waals surface area (Å²) >= 11 is 0. The second-order valence-corrected chi connectivity index (χ2v) is 4.46. The fraction of sp³-hybridized carbons (Fsp3) is 0.286. The maximum atomic E-state index is 5.60. The molecule has 3 N–H and O–H groups in total. The summed E-state index contributed by atoms with van der Waals surface area (Å²) in [5.74, 6) is 2.38. The number of nitrogens with one attached hydrogen (secondary N) is 1. The number of rotatable bonds is 3. The number of fused-ring (bicyclic) bond motifs is 1. The number of anilines is 2. The van der Waals surface area contributed by atoms with Crippen molar-refractivity contribution in [3.05, 3.63) is 41.9 Å². The third-order valence-corrected chi connectivity index (χ3v) is 3.07. The fourth-order valence-corrected chi connectivity index (χ4v) is 2.15. The van der Waals surface area contributed by atoms with E-state index >= 15 is 0 Å². The van der Waals surface area contributed by atoms with Gasteiger partial charge in [0.1, 0.15) is 17.4 Å². The average molecular weight is 256 g/mol. The van der Waals surface area contributed by atoms with E-state index in [0.29, 0.717) is 12.4 Å². The smallest absolute Gasteiger partial charge is 0.144 e. The summed E-state index contributed by atoms with van der Waals surface area (Å²) in [5, 5.41) is 3.27. The molecule has 1 aliphatic heterocycles. The van der Waals surface area contributed by atoms with Crippen molar-refractivity contribution < 1.29 is 4.74 Å². The van der Waals surface area contributed by atoms with Crippen molar-refractivity contribution in [2.24, 2.45) is 5.73 Å². The van der Waals surface area contributed by atoms with Gasteiger partial charge in [-0.3, -0.25) is 0 Å². The number of aromatic nitrogens is 2. The summed E-state index contributed by atoms with van der Waals surface area (Å²) < 4.78 is 5.60. The van der Waals surface area contributed by atoms with Crippen molar-refractivity contribution in [1.82, 2.24) is 9.97 Å². The molecule has 19 heavy (non-hydrogen) atoms. The molecule has 5 nitrogen and oxygen atoms in total. The quantitative estimate of drug-likeness (QED) is 0.878. The topological polar surface area (TPSA) is 73.1 Å². The van der Waals surface area contributed by atoms with Gasteiger partial charge in [-0.15, -0.1) is 0 Å². The second-order valence-electron chi connectivity index (χ2n) is 4.46. The van der Waals surface area contributed by atoms with Gasteiger partial charge >= 0.3 is 0 Å². The molecule has 98 valence electrons. The first kappa shape index (κ1) is 11.9. The van der Waals surface area contributed by atoms with Crippen LogP contribution < -0.4 is 15.8 Å². The van der Waals surface area contributed by atoms with Crippen LogP contribution in [-0.4, -0.2) is 16.6 Å². The Hall–Kier alpha value is -2.14. The zero-order valence-electron chi connectivity index (χ0n) is 10.6. The molecule has 1 aliphatic rings. The molecular formula is C14H16N4O. The Bertz CT molecular complexity index is 585. The molecule has 0 saturated heterocycles. The van der Waals surface area contributed by atoms with Gasteiger partial charge in [0.25, 0.3) is 0 Å². The van der Waals surface area contributed by atoms with Crippen LogP contribution in [0.1, 0.15) is 17.8 Å². The number of aryl methyl sites for hydroxylation is 1. The van der Waals surface area contributed by atoms with E-state index in [9.17, 15) is 0 Å². The lowest BCUT2D eigenvalue weighted by molar-refractivity contribution is 0.288. The second kappa shape index (κ2) is 5.24. The standard InChI is InChI=1S/C14H16N4O/c15-9-14-16-6-5-13(18-14)17-11-3-4-12-10(8-11)2-1-7-19-12/h3-6,8H,1-2,7,9,15H2,(H,16,17,18). The predicted molar refractivity (Wildman–Crippen MR) is 73.5 cm³/mol. The van der Waals surface area contributed by atoms with E-state index in [1.54, 1.807) is 6.20 Å². The van der Waals surface area contributed by atoms with Crippen LogP contribution in [0.2, 0.25) is 0 Å². The Morgan fingerprint density at radius 2 is 2.26 bits per heavy atom. The Morgan fingerprint density at radius 1 is 1.32 bits per heavy atom. The van der Waals surface area contributed by atoms with E-state index in [1.807, 2.05) is 18.2 Å². The predicted octanol–water partition coefficient (Wildman–Crippen LogP) is 2.00. The van der Waals surface area contributed by atoms with Gasteiger partial charge in [-0.2, -0.15) is 0 Å². The summed E-state index contributed by atoms with van der Waals surface area (Å²) in [7, 11) is 0. The van der Waals surface area contributed by atoms with Crippen LogP contribution in [0.5, 0.6) is 5.75 Å². The summed E-state index contributed by atoms with van der Waals surface area (Å²) in [4.78, 5) is 8.39. The van der Waals surface area contributed by atoms with Gasteiger partial charge in [0.2, 0.25) is 0 Å². The van der Waals surface area contributed by atoms with E-state index < -0.39 is 0 Å². The third kappa shape index (κ3) is 2.66. The van der Waals surface area contributed by atoms with E-state index in [2.05, 4.69) is 21.4 Å². The van der Waals surface area contributed by atoms with Gasteiger partial charge in [-0.05, 0) is 42.7 Å². The Morgan fingerprint density at radius 3 is 3.16 bits per heavy atom. The lowest BCUT2D eigenvalue weighted by atomic mass is 10.1. The molecule has 0 atom stereocenters. The highest BCUT2D eigenvalue weighted by Crippen LogP contribution is 2.28. The third-order valence-electron chi connectivity index (χ3n) is 3.07. The van der Waals surface area contributed by atoms with E-state index in [4.69, 9.17) is 10.5 Å². The van der Waals surface area contributed by atoms with Crippen molar-refractivity contribution in [2.75, 3.05) is 11.9 Å². The lowest BCUT2D eigenvalue weighted by Crippen LogP contribution is -2.09. The van der Waals surface area contributed by atoms with Crippen molar-refractivity contribution in [3.63, 3.8) is 0 Å². The Kier molecular flexibility index (Phi) is 3.29. The van der Waals surface area contributed by atoms with Gasteiger partial charge in [0.15, 0.2) is 0 Å². The van der Waals surface area contributed by atoms with Gasteiger partial charge in [0.05, 0.1) is 13.2 Å². The zero-order chi connectivity index (χ0) is 13.1. The monoisotopic (exact) mass is 256 g/mol. The summed E-state index contributed by atoms with van der Waals surface area (Å²) in [6, 6.07) is 7.93. The molecular weight excluding hydrogens is 240 g/mol. The van der Waals surface area contributed by atoms with Crippen LogP contribution in [0.15, 0.2) is 30.5 Å². The zero-order valence-corrected chi connectivity index (χ0v) is 10.6. The molecule has 0 spiro atoms. The molecule has 0 bridgehead atoms. The first-order valence-electron chi connectivity index (χ1n) is 6.40. The average Bonchev–Trinajstić information content (AvgIpc) is 2.47. The number of benzene rings is 1. The van der Waals surface area contributed by atoms with Crippen molar-refractivity contribution in [3.8, 4) is 5.75 Å². The minimum Gasteiger partial charge on any atom is -0.493 e. The first-order valence-corrected chi connectivity index (χ1v) is 6.40. The van der Waals surface area contributed by atoms with Gasteiger partial charge < -0.3 is 15.8 Å². The molecule has 1 aromatic heterocycles. The van der Waals surface area contributed by atoms with Crippen LogP contribution >= 0.6 is 0 Å². The van der Waals surface area contributed by atoms with E-state index in [1.165, 1.54) is 5.56 Å². The first-order chi connectivity index (χ1) is 9.35. The van der Waals surface area contributed by atoms with E-state index in [0.717, 1.165) is 36.7 Å². The van der Waals surface area contributed by atoms with Crippen molar-refractivity contribution in [2.45, 2.75) is 19.4 Å². The molecule has 0 fully saturated rings. The van der Waals surface area contributed by atoms with Crippen molar-refractivity contribution in [1.29, 1.82) is 0 Å². The summed E-state index contributed by atoms with van der Waals surface area (Å²) in [6.07, 6.45) is 3.84. The Labute approximate surface area is 111 Å². The SMILES string of the molecule is NCc1nccc(Nc2ccc3c(c2)CCCO3)n1. The van der Waals surface area contributed by atoms with Crippen LogP contribution in [0.3, 0.4) is 0 Å². The molecule has 2 aromatic rings. The Balaban J connectivity index is 1.82. The number of hydrogen-bond donors (Lipinski definition) is 2. The highest BCUT2D eigenvalue weighted by molar-refractivity contribution is 5.59. The number of ether oxygens (including phenoxy) is 1. The molecule has 1 aromatic carbocycles. The van der Waals surface area contributed by atoms with Crippen LogP contribution in [0.25, 0.3) is 0 Å². The van der Waals surface area contributed by atoms with Gasteiger partial charge in [0, 0.05) is 11.9 Å². The van der Waals surface area contributed by atoms with Gasteiger partial charge in [-0.1, -0.05) is 0 Å². The minimum atomic E-state index is 0.341.